The van der Waals surface area contributed by atoms with Gasteiger partial charge in [0, 0.05) is 31.5 Å². The van der Waals surface area contributed by atoms with Crippen molar-refractivity contribution in [3.05, 3.63) is 30.1 Å². The average molecular weight is 297 g/mol. The molecule has 1 aliphatic heterocycles. The summed E-state index contributed by atoms with van der Waals surface area (Å²) < 4.78 is 24.6. The van der Waals surface area contributed by atoms with Crippen LogP contribution in [0.4, 0.5) is 0 Å². The molecule has 0 aromatic carbocycles. The Bertz CT molecular complexity index is 559. The minimum atomic E-state index is -3.17. The van der Waals surface area contributed by atoms with Gasteiger partial charge < -0.3 is 4.90 Å². The van der Waals surface area contributed by atoms with Crippen LogP contribution in [0.5, 0.6) is 0 Å². The molecule has 0 aliphatic carbocycles. The number of sulfonamides is 1. The van der Waals surface area contributed by atoms with Gasteiger partial charge in [-0.2, -0.15) is 0 Å². The fourth-order valence-electron chi connectivity index (χ4n) is 2.47. The smallest absolute Gasteiger partial charge is 0.255 e. The van der Waals surface area contributed by atoms with Crippen LogP contribution in [0.15, 0.2) is 24.5 Å². The molecule has 6 nitrogen and oxygen atoms in total. The van der Waals surface area contributed by atoms with Gasteiger partial charge >= 0.3 is 0 Å². The number of nitrogens with zero attached hydrogens (tertiary/aromatic N) is 2. The fraction of sp³-hybridized carbons (Fsp3) is 0.538. The van der Waals surface area contributed by atoms with Crippen molar-refractivity contribution < 1.29 is 13.2 Å². The van der Waals surface area contributed by atoms with E-state index in [0.29, 0.717) is 18.5 Å². The molecule has 1 fully saturated rings. The highest BCUT2D eigenvalue weighted by Gasteiger charge is 2.29. The Morgan fingerprint density at radius 3 is 3.00 bits per heavy atom. The normalized spacial score (nSPS) is 19.2. The largest absolute Gasteiger partial charge is 0.336 e. The van der Waals surface area contributed by atoms with Gasteiger partial charge in [-0.1, -0.05) is 0 Å². The lowest BCUT2D eigenvalue weighted by Gasteiger charge is -2.24. The Morgan fingerprint density at radius 2 is 2.35 bits per heavy atom. The third-order valence-electron chi connectivity index (χ3n) is 3.39. The highest BCUT2D eigenvalue weighted by atomic mass is 32.2. The summed E-state index contributed by atoms with van der Waals surface area (Å²) in [5.41, 5.74) is 0.579. The Hall–Kier alpha value is -1.47. The number of hydrogen-bond donors (Lipinski definition) is 1. The highest BCUT2D eigenvalue weighted by molar-refractivity contribution is 7.88. The number of rotatable bonds is 5. The second kappa shape index (κ2) is 6.32. The van der Waals surface area contributed by atoms with E-state index in [1.807, 2.05) is 4.90 Å². The van der Waals surface area contributed by atoms with Crippen LogP contribution in [-0.2, 0) is 10.0 Å². The van der Waals surface area contributed by atoms with E-state index in [4.69, 9.17) is 0 Å². The molecule has 0 bridgehead atoms. The second-order valence-electron chi connectivity index (χ2n) is 4.99. The molecule has 1 amide bonds. The molecule has 1 aromatic rings. The van der Waals surface area contributed by atoms with Gasteiger partial charge in [0.1, 0.15) is 0 Å². The molecular weight excluding hydrogens is 278 g/mol. The zero-order chi connectivity index (χ0) is 14.6. The number of aromatic nitrogens is 1. The van der Waals surface area contributed by atoms with Crippen LogP contribution in [0, 0.1) is 0 Å². The van der Waals surface area contributed by atoms with Crippen molar-refractivity contribution in [2.24, 2.45) is 0 Å². The lowest BCUT2D eigenvalue weighted by atomic mass is 10.1. The van der Waals surface area contributed by atoms with E-state index < -0.39 is 10.0 Å². The number of nitrogens with one attached hydrogen (secondary N) is 1. The maximum Gasteiger partial charge on any atom is 0.255 e. The zero-order valence-electron chi connectivity index (χ0n) is 11.4. The predicted molar refractivity (Wildman–Crippen MR) is 75.8 cm³/mol. The Balaban J connectivity index is 1.95. The van der Waals surface area contributed by atoms with Crippen LogP contribution >= 0.6 is 0 Å². The van der Waals surface area contributed by atoms with Gasteiger partial charge in [0.2, 0.25) is 10.0 Å². The summed E-state index contributed by atoms with van der Waals surface area (Å²) in [6.07, 6.45) is 6.84. The van der Waals surface area contributed by atoms with Crippen LogP contribution in [0.25, 0.3) is 0 Å². The molecule has 1 aromatic heterocycles. The van der Waals surface area contributed by atoms with Gasteiger partial charge in [-0.15, -0.1) is 0 Å². The molecule has 1 N–H and O–H groups in total. The maximum absolute atomic E-state index is 12.4. The van der Waals surface area contributed by atoms with E-state index in [-0.39, 0.29) is 11.9 Å². The first kappa shape index (κ1) is 14.9. The van der Waals surface area contributed by atoms with Gasteiger partial charge in [-0.25, -0.2) is 13.1 Å². The van der Waals surface area contributed by atoms with Crippen LogP contribution in [0.2, 0.25) is 0 Å². The van der Waals surface area contributed by atoms with E-state index in [2.05, 4.69) is 9.71 Å². The molecule has 0 saturated carbocycles. The number of pyridine rings is 1. The van der Waals surface area contributed by atoms with Gasteiger partial charge in [0.05, 0.1) is 11.8 Å². The van der Waals surface area contributed by atoms with Crippen molar-refractivity contribution >= 4 is 15.9 Å². The minimum absolute atomic E-state index is 0.0278. The van der Waals surface area contributed by atoms with Gasteiger partial charge in [0.25, 0.3) is 5.91 Å². The van der Waals surface area contributed by atoms with Crippen molar-refractivity contribution in [2.45, 2.75) is 25.3 Å². The molecule has 20 heavy (non-hydrogen) atoms. The van der Waals surface area contributed by atoms with E-state index in [9.17, 15) is 13.2 Å². The summed E-state index contributed by atoms with van der Waals surface area (Å²) in [6, 6.07) is 3.58. The Morgan fingerprint density at radius 1 is 1.55 bits per heavy atom. The molecule has 7 heteroatoms. The van der Waals surface area contributed by atoms with Crippen LogP contribution < -0.4 is 4.72 Å². The lowest BCUT2D eigenvalue weighted by molar-refractivity contribution is 0.0731. The quantitative estimate of drug-likeness (QED) is 0.864. The van der Waals surface area contributed by atoms with Gasteiger partial charge in [-0.3, -0.25) is 9.78 Å². The van der Waals surface area contributed by atoms with Crippen molar-refractivity contribution in [2.75, 3.05) is 19.3 Å². The van der Waals surface area contributed by atoms with E-state index in [0.717, 1.165) is 25.6 Å². The van der Waals surface area contributed by atoms with E-state index >= 15 is 0 Å². The molecule has 2 heterocycles. The van der Waals surface area contributed by atoms with Crippen LogP contribution in [0.3, 0.4) is 0 Å². The summed E-state index contributed by atoms with van der Waals surface area (Å²) in [6.45, 7) is 1.08. The summed E-state index contributed by atoms with van der Waals surface area (Å²) in [5, 5.41) is 0. The van der Waals surface area contributed by atoms with E-state index in [1.165, 1.54) is 0 Å². The van der Waals surface area contributed by atoms with Gasteiger partial charge in [-0.05, 0) is 31.4 Å². The minimum Gasteiger partial charge on any atom is -0.336 e. The third-order valence-corrected chi connectivity index (χ3v) is 4.12. The summed E-state index contributed by atoms with van der Waals surface area (Å²) >= 11 is 0. The first-order chi connectivity index (χ1) is 9.47. The van der Waals surface area contributed by atoms with Crippen LogP contribution in [0.1, 0.15) is 29.6 Å². The fourth-order valence-corrected chi connectivity index (χ4v) is 2.96. The van der Waals surface area contributed by atoms with E-state index in [1.54, 1.807) is 24.5 Å². The number of amides is 1. The van der Waals surface area contributed by atoms with Gasteiger partial charge in [0.15, 0.2) is 0 Å². The third kappa shape index (κ3) is 4.01. The second-order valence-corrected chi connectivity index (χ2v) is 6.82. The summed E-state index contributed by atoms with van der Waals surface area (Å²) in [5.74, 6) is -0.0278. The van der Waals surface area contributed by atoms with Crippen molar-refractivity contribution in [1.82, 2.24) is 14.6 Å². The first-order valence-electron chi connectivity index (χ1n) is 6.63. The van der Waals surface area contributed by atoms with Crippen LogP contribution in [-0.4, -0.2) is 49.6 Å². The maximum atomic E-state index is 12.4. The first-order valence-corrected chi connectivity index (χ1v) is 8.52. The number of carbonyl (C=O) groups is 1. The molecule has 2 rings (SSSR count). The number of likely N-dealkylation sites (tertiary alicyclic amines) is 1. The molecule has 0 unspecified atom stereocenters. The van der Waals surface area contributed by atoms with Crippen molar-refractivity contribution in [3.63, 3.8) is 0 Å². The molecule has 1 saturated heterocycles. The number of hydrogen-bond acceptors (Lipinski definition) is 4. The molecule has 1 atom stereocenters. The molecule has 110 valence electrons. The van der Waals surface area contributed by atoms with Crippen molar-refractivity contribution in [3.8, 4) is 0 Å². The standard InChI is InChI=1S/C13H19N3O3S/c1-20(18,19)15-8-6-12-5-3-9-16(12)13(17)11-4-2-7-14-10-11/h2,4,7,10,12,15H,3,5-6,8-9H2,1H3/t12-/m1/s1. The SMILES string of the molecule is CS(=O)(=O)NCC[C@H]1CCCN1C(=O)c1cccnc1. The Labute approximate surface area is 119 Å². The molecule has 0 radical (unpaired) electrons. The molecule has 0 spiro atoms. The Kier molecular flexibility index (Phi) is 4.72. The number of carbonyl (C=O) groups excluding carboxylic acids is 1. The van der Waals surface area contributed by atoms with Crippen molar-refractivity contribution in [1.29, 1.82) is 0 Å². The monoisotopic (exact) mass is 297 g/mol. The average Bonchev–Trinajstić information content (AvgIpc) is 2.86. The predicted octanol–water partition coefficient (Wildman–Crippen LogP) is 0.625. The molecular formula is C13H19N3O3S. The topological polar surface area (TPSA) is 79.4 Å². The lowest BCUT2D eigenvalue weighted by Crippen LogP contribution is -2.38. The summed E-state index contributed by atoms with van der Waals surface area (Å²) in [4.78, 5) is 18.1. The molecule has 1 aliphatic rings. The zero-order valence-corrected chi connectivity index (χ0v) is 12.3. The highest BCUT2D eigenvalue weighted by Crippen LogP contribution is 2.22. The summed E-state index contributed by atoms with van der Waals surface area (Å²) in [7, 11) is -3.17.